The summed E-state index contributed by atoms with van der Waals surface area (Å²) in [6.45, 7) is 3.32. The third-order valence-corrected chi connectivity index (χ3v) is 4.15. The van der Waals surface area contributed by atoms with Gasteiger partial charge in [-0.05, 0) is 23.6 Å². The van der Waals surface area contributed by atoms with E-state index in [0.29, 0.717) is 19.6 Å². The van der Waals surface area contributed by atoms with Gasteiger partial charge >= 0.3 is 0 Å². The maximum Gasteiger partial charge on any atom is 0.0957 e. The van der Waals surface area contributed by atoms with E-state index in [1.807, 2.05) is 30.5 Å². The lowest BCUT2D eigenvalue weighted by molar-refractivity contribution is 0.134. The molecule has 0 aliphatic carbocycles. The monoisotopic (exact) mass is 261 g/mol. The Morgan fingerprint density at radius 2 is 2.22 bits per heavy atom. The first-order valence-electron chi connectivity index (χ1n) is 6.01. The molecule has 1 atom stereocenters. The largest absolute Gasteiger partial charge is 0.388 e. The molecule has 0 saturated heterocycles. The van der Waals surface area contributed by atoms with Gasteiger partial charge < -0.3 is 9.84 Å². The van der Waals surface area contributed by atoms with Crippen molar-refractivity contribution >= 4 is 11.3 Å². The summed E-state index contributed by atoms with van der Waals surface area (Å²) in [7, 11) is 0. The van der Waals surface area contributed by atoms with E-state index in [0.717, 1.165) is 16.3 Å². The Hall–Kier alpha value is -1.23. The second-order valence-corrected chi connectivity index (χ2v) is 5.57. The number of ether oxygens (including phenoxy) is 1. The van der Waals surface area contributed by atoms with Crippen LogP contribution in [0.15, 0.2) is 23.6 Å². The Kier molecular flexibility index (Phi) is 3.16. The molecule has 1 aliphatic rings. The SMILES string of the molecule is Cc1csc(CC(O)c2ccc3c(c2)COC3)n1. The predicted octanol–water partition coefficient (Wildman–Crippen LogP) is 2.76. The lowest BCUT2D eigenvalue weighted by Crippen LogP contribution is -2.02. The molecule has 0 amide bonds. The van der Waals surface area contributed by atoms with Crippen LogP contribution in [0, 0.1) is 6.92 Å². The van der Waals surface area contributed by atoms with Crippen LogP contribution in [0.2, 0.25) is 0 Å². The number of aliphatic hydroxyl groups is 1. The Morgan fingerprint density at radius 3 is 3.00 bits per heavy atom. The molecule has 94 valence electrons. The van der Waals surface area contributed by atoms with Gasteiger partial charge in [0.1, 0.15) is 0 Å². The number of hydrogen-bond acceptors (Lipinski definition) is 4. The minimum absolute atomic E-state index is 0.485. The molecule has 2 heterocycles. The van der Waals surface area contributed by atoms with Crippen molar-refractivity contribution < 1.29 is 9.84 Å². The molecule has 0 spiro atoms. The molecule has 4 heteroatoms. The zero-order valence-corrected chi connectivity index (χ0v) is 11.0. The summed E-state index contributed by atoms with van der Waals surface area (Å²) in [5.74, 6) is 0. The Balaban J connectivity index is 1.78. The molecule has 1 aromatic carbocycles. The highest BCUT2D eigenvalue weighted by molar-refractivity contribution is 7.09. The van der Waals surface area contributed by atoms with Gasteiger partial charge in [0, 0.05) is 17.5 Å². The number of aromatic nitrogens is 1. The smallest absolute Gasteiger partial charge is 0.0957 e. The second kappa shape index (κ2) is 4.80. The first-order chi connectivity index (χ1) is 8.72. The minimum Gasteiger partial charge on any atom is -0.388 e. The van der Waals surface area contributed by atoms with Crippen molar-refractivity contribution in [3.8, 4) is 0 Å². The van der Waals surface area contributed by atoms with Crippen LogP contribution >= 0.6 is 11.3 Å². The van der Waals surface area contributed by atoms with E-state index < -0.39 is 6.10 Å². The molecule has 1 aromatic heterocycles. The molecule has 1 N–H and O–H groups in total. The molecule has 0 bridgehead atoms. The van der Waals surface area contributed by atoms with Crippen LogP contribution in [-0.2, 0) is 24.4 Å². The van der Waals surface area contributed by atoms with E-state index in [-0.39, 0.29) is 0 Å². The fourth-order valence-electron chi connectivity index (χ4n) is 2.18. The summed E-state index contributed by atoms with van der Waals surface area (Å²) in [5, 5.41) is 13.2. The number of aryl methyl sites for hydroxylation is 1. The number of fused-ring (bicyclic) bond motifs is 1. The van der Waals surface area contributed by atoms with E-state index in [1.165, 1.54) is 11.1 Å². The van der Waals surface area contributed by atoms with Gasteiger partial charge in [-0.15, -0.1) is 11.3 Å². The van der Waals surface area contributed by atoms with Crippen molar-refractivity contribution in [2.75, 3.05) is 0 Å². The molecule has 1 unspecified atom stereocenters. The summed E-state index contributed by atoms with van der Waals surface area (Å²) in [4.78, 5) is 4.38. The highest BCUT2D eigenvalue weighted by atomic mass is 32.1. The number of hydrogen-bond donors (Lipinski definition) is 1. The lowest BCUT2D eigenvalue weighted by Gasteiger charge is -2.10. The van der Waals surface area contributed by atoms with E-state index in [2.05, 4.69) is 4.98 Å². The minimum atomic E-state index is -0.485. The van der Waals surface area contributed by atoms with Crippen LogP contribution in [0.4, 0.5) is 0 Å². The molecule has 0 radical (unpaired) electrons. The van der Waals surface area contributed by atoms with Crippen molar-refractivity contribution in [3.63, 3.8) is 0 Å². The van der Waals surface area contributed by atoms with E-state index in [9.17, 15) is 5.11 Å². The van der Waals surface area contributed by atoms with Crippen LogP contribution in [0.25, 0.3) is 0 Å². The van der Waals surface area contributed by atoms with E-state index >= 15 is 0 Å². The number of thiazole rings is 1. The lowest BCUT2D eigenvalue weighted by atomic mass is 10.0. The molecular weight excluding hydrogens is 246 g/mol. The van der Waals surface area contributed by atoms with Gasteiger partial charge in [0.25, 0.3) is 0 Å². The third kappa shape index (κ3) is 2.32. The zero-order chi connectivity index (χ0) is 12.5. The summed E-state index contributed by atoms with van der Waals surface area (Å²) in [5.41, 5.74) is 4.40. The molecule has 18 heavy (non-hydrogen) atoms. The van der Waals surface area contributed by atoms with Crippen molar-refractivity contribution in [3.05, 3.63) is 51.0 Å². The van der Waals surface area contributed by atoms with Crippen LogP contribution in [0.5, 0.6) is 0 Å². The topological polar surface area (TPSA) is 42.4 Å². The van der Waals surface area contributed by atoms with Crippen molar-refractivity contribution in [2.24, 2.45) is 0 Å². The van der Waals surface area contributed by atoms with Crippen molar-refractivity contribution in [1.29, 1.82) is 0 Å². The van der Waals surface area contributed by atoms with Crippen LogP contribution in [-0.4, -0.2) is 10.1 Å². The molecule has 0 saturated carbocycles. The quantitative estimate of drug-likeness (QED) is 0.923. The third-order valence-electron chi connectivity index (χ3n) is 3.16. The Bertz CT molecular complexity index is 565. The van der Waals surface area contributed by atoms with Crippen LogP contribution in [0.1, 0.15) is 33.5 Å². The number of aliphatic hydroxyl groups excluding tert-OH is 1. The number of rotatable bonds is 3. The van der Waals surface area contributed by atoms with Gasteiger partial charge in [-0.1, -0.05) is 18.2 Å². The standard InChI is InChI=1S/C14H15NO2S/c1-9-8-18-14(15-9)5-13(16)10-2-3-11-6-17-7-12(11)4-10/h2-4,8,13,16H,5-7H2,1H3. The normalized spacial score (nSPS) is 15.7. The summed E-state index contributed by atoms with van der Waals surface area (Å²) in [6, 6.07) is 6.08. The zero-order valence-electron chi connectivity index (χ0n) is 10.2. The molecular formula is C14H15NO2S. The summed E-state index contributed by atoms with van der Waals surface area (Å²) >= 11 is 1.60. The Morgan fingerprint density at radius 1 is 1.39 bits per heavy atom. The van der Waals surface area contributed by atoms with Gasteiger partial charge in [0.2, 0.25) is 0 Å². The molecule has 3 rings (SSSR count). The van der Waals surface area contributed by atoms with E-state index in [4.69, 9.17) is 4.74 Å². The highest BCUT2D eigenvalue weighted by Crippen LogP contribution is 2.26. The average molecular weight is 261 g/mol. The van der Waals surface area contributed by atoms with Gasteiger partial charge in [-0.25, -0.2) is 4.98 Å². The van der Waals surface area contributed by atoms with E-state index in [1.54, 1.807) is 11.3 Å². The second-order valence-electron chi connectivity index (χ2n) is 4.62. The number of benzene rings is 1. The highest BCUT2D eigenvalue weighted by Gasteiger charge is 2.16. The van der Waals surface area contributed by atoms with Gasteiger partial charge in [-0.3, -0.25) is 0 Å². The van der Waals surface area contributed by atoms with Crippen LogP contribution in [0.3, 0.4) is 0 Å². The first-order valence-corrected chi connectivity index (χ1v) is 6.89. The van der Waals surface area contributed by atoms with Crippen molar-refractivity contribution in [1.82, 2.24) is 4.98 Å². The average Bonchev–Trinajstić information content (AvgIpc) is 2.96. The molecule has 1 aliphatic heterocycles. The molecule has 2 aromatic rings. The van der Waals surface area contributed by atoms with Crippen molar-refractivity contribution in [2.45, 2.75) is 32.7 Å². The maximum atomic E-state index is 10.2. The van der Waals surface area contributed by atoms with Gasteiger partial charge in [0.05, 0.1) is 24.3 Å². The fourth-order valence-corrected chi connectivity index (χ4v) is 2.99. The fraction of sp³-hybridized carbons (Fsp3) is 0.357. The maximum absolute atomic E-state index is 10.2. The molecule has 0 fully saturated rings. The Labute approximate surface area is 110 Å². The predicted molar refractivity (Wildman–Crippen MR) is 70.4 cm³/mol. The first kappa shape index (κ1) is 11.8. The van der Waals surface area contributed by atoms with Crippen LogP contribution < -0.4 is 0 Å². The summed E-state index contributed by atoms with van der Waals surface area (Å²) in [6.07, 6.45) is 0.0967. The summed E-state index contributed by atoms with van der Waals surface area (Å²) < 4.78 is 5.38. The number of nitrogens with zero attached hydrogens (tertiary/aromatic N) is 1. The molecule has 3 nitrogen and oxygen atoms in total. The van der Waals surface area contributed by atoms with Gasteiger partial charge in [-0.2, -0.15) is 0 Å². The van der Waals surface area contributed by atoms with Gasteiger partial charge in [0.15, 0.2) is 0 Å².